The molecule has 0 atom stereocenters. The average molecular weight is 426 g/mol. The fourth-order valence-corrected chi connectivity index (χ4v) is 3.42. The predicted octanol–water partition coefficient (Wildman–Crippen LogP) is 1.46. The van der Waals surface area contributed by atoms with Crippen LogP contribution in [-0.2, 0) is 6.54 Å². The molecule has 0 aliphatic rings. The van der Waals surface area contributed by atoms with Crippen LogP contribution in [-0.4, -0.2) is 32.2 Å². The van der Waals surface area contributed by atoms with Crippen LogP contribution in [0.4, 0.5) is 11.5 Å². The van der Waals surface area contributed by atoms with Gasteiger partial charge in [0.1, 0.15) is 5.82 Å². The summed E-state index contributed by atoms with van der Waals surface area (Å²) < 4.78 is 1.26. The van der Waals surface area contributed by atoms with E-state index in [1.165, 1.54) is 9.47 Å². The van der Waals surface area contributed by atoms with Gasteiger partial charge >= 0.3 is 5.69 Å². The quantitative estimate of drug-likeness (QED) is 0.521. The molecular formula is C21H26N6O4. The number of amides is 1. The summed E-state index contributed by atoms with van der Waals surface area (Å²) in [5.74, 6) is -0.586. The number of hydrogen-bond acceptors (Lipinski definition) is 6. The van der Waals surface area contributed by atoms with Crippen LogP contribution in [0.2, 0.25) is 0 Å². The molecule has 4 N–H and O–H groups in total. The van der Waals surface area contributed by atoms with Crippen molar-refractivity contribution in [2.24, 2.45) is 5.92 Å². The molecule has 0 saturated heterocycles. The largest absolute Gasteiger partial charge is 0.383 e. The lowest BCUT2D eigenvalue weighted by Gasteiger charge is -2.24. The van der Waals surface area contributed by atoms with Gasteiger partial charge in [-0.05, 0) is 18.4 Å². The number of nitrogens with two attached hydrogens (primary N) is 1. The van der Waals surface area contributed by atoms with Crippen molar-refractivity contribution in [2.45, 2.75) is 40.2 Å². The van der Waals surface area contributed by atoms with Crippen LogP contribution in [0.15, 0.2) is 38.6 Å². The molecule has 31 heavy (non-hydrogen) atoms. The van der Waals surface area contributed by atoms with E-state index < -0.39 is 22.7 Å². The normalized spacial score (nSPS) is 11.2. The lowest BCUT2D eigenvalue weighted by molar-refractivity contribution is 0.0982. The number of aromatic amines is 2. The number of unbranched alkanes of at least 4 members (excludes halogenated alkanes) is 1. The predicted molar refractivity (Wildman–Crippen MR) is 120 cm³/mol. The lowest BCUT2D eigenvalue weighted by atomic mass is 10.1. The monoisotopic (exact) mass is 426 g/mol. The Morgan fingerprint density at radius 1 is 1.16 bits per heavy atom. The van der Waals surface area contributed by atoms with Crippen LogP contribution in [0.1, 0.15) is 44.1 Å². The fraction of sp³-hybridized carbons (Fsp3) is 0.381. The number of carbonyl (C=O) groups is 1. The van der Waals surface area contributed by atoms with Crippen LogP contribution < -0.4 is 27.4 Å². The first-order valence-electron chi connectivity index (χ1n) is 10.2. The second-order valence-electron chi connectivity index (χ2n) is 7.75. The van der Waals surface area contributed by atoms with E-state index in [0.717, 1.165) is 6.42 Å². The number of anilines is 2. The number of hydrogen-bond donors (Lipinski definition) is 3. The molecule has 3 rings (SSSR count). The van der Waals surface area contributed by atoms with Gasteiger partial charge in [-0.2, -0.15) is 5.10 Å². The topological polar surface area (TPSA) is 147 Å². The van der Waals surface area contributed by atoms with Crippen LogP contribution in [0.5, 0.6) is 0 Å². The van der Waals surface area contributed by atoms with Gasteiger partial charge in [0.25, 0.3) is 17.0 Å². The van der Waals surface area contributed by atoms with Crippen LogP contribution >= 0.6 is 0 Å². The minimum atomic E-state index is -0.749. The maximum Gasteiger partial charge on any atom is 0.330 e. The second kappa shape index (κ2) is 8.99. The van der Waals surface area contributed by atoms with E-state index in [9.17, 15) is 19.2 Å². The number of carbonyl (C=O) groups excluding carboxylic acids is 1. The molecule has 0 spiro atoms. The van der Waals surface area contributed by atoms with E-state index >= 15 is 0 Å². The van der Waals surface area contributed by atoms with E-state index in [1.807, 2.05) is 20.8 Å². The minimum Gasteiger partial charge on any atom is -0.383 e. The van der Waals surface area contributed by atoms with Gasteiger partial charge in [-0.25, -0.2) is 9.89 Å². The van der Waals surface area contributed by atoms with Gasteiger partial charge in [-0.15, -0.1) is 0 Å². The summed E-state index contributed by atoms with van der Waals surface area (Å²) in [7, 11) is 0. The highest BCUT2D eigenvalue weighted by atomic mass is 16.2. The number of fused-ring (bicyclic) bond motifs is 1. The van der Waals surface area contributed by atoms with Crippen molar-refractivity contribution in [3.63, 3.8) is 0 Å². The van der Waals surface area contributed by atoms with Gasteiger partial charge in [0.05, 0.1) is 5.39 Å². The number of benzene rings is 1. The number of aromatic nitrogens is 4. The van der Waals surface area contributed by atoms with Crippen molar-refractivity contribution in [2.75, 3.05) is 17.2 Å². The number of rotatable bonds is 7. The summed E-state index contributed by atoms with van der Waals surface area (Å²) in [6.45, 7) is 6.24. The molecule has 3 aromatic rings. The Bertz CT molecular complexity index is 1290. The van der Waals surface area contributed by atoms with Gasteiger partial charge in [-0.3, -0.25) is 28.8 Å². The molecule has 164 valence electrons. The minimum absolute atomic E-state index is 0.00767. The molecule has 0 radical (unpaired) electrons. The first-order valence-corrected chi connectivity index (χ1v) is 10.2. The Kier molecular flexibility index (Phi) is 6.38. The molecule has 10 heteroatoms. The number of nitrogen functional groups attached to an aromatic ring is 1. The third kappa shape index (κ3) is 4.27. The van der Waals surface area contributed by atoms with E-state index in [4.69, 9.17) is 5.73 Å². The molecule has 0 unspecified atom stereocenters. The standard InChI is InChI=1S/C21H26N6O4/c1-4-5-10-26(16-17(22)27(11-12(2)3)21(31)23-19(16)29)20(30)15-13-8-6-7-9-14(13)18(28)25-24-15/h6-9,12H,4-5,10-11,22H2,1-3H3,(H,25,28)(H,23,29,31). The van der Waals surface area contributed by atoms with E-state index in [2.05, 4.69) is 15.2 Å². The zero-order valence-electron chi connectivity index (χ0n) is 17.8. The maximum absolute atomic E-state index is 13.5. The van der Waals surface area contributed by atoms with Gasteiger partial charge in [-0.1, -0.05) is 45.4 Å². The Morgan fingerprint density at radius 3 is 2.48 bits per heavy atom. The van der Waals surface area contributed by atoms with Crippen molar-refractivity contribution in [3.8, 4) is 0 Å². The smallest absolute Gasteiger partial charge is 0.330 e. The zero-order valence-corrected chi connectivity index (χ0v) is 17.8. The third-order valence-electron chi connectivity index (χ3n) is 4.91. The molecule has 0 bridgehead atoms. The van der Waals surface area contributed by atoms with Gasteiger partial charge in [0, 0.05) is 18.5 Å². The Labute approximate surface area is 177 Å². The highest BCUT2D eigenvalue weighted by molar-refractivity contribution is 6.13. The highest BCUT2D eigenvalue weighted by Gasteiger charge is 2.27. The number of nitrogens with one attached hydrogen (secondary N) is 2. The number of H-pyrrole nitrogens is 2. The average Bonchev–Trinajstić information content (AvgIpc) is 2.73. The summed E-state index contributed by atoms with van der Waals surface area (Å²) in [6, 6.07) is 6.59. The van der Waals surface area contributed by atoms with Gasteiger partial charge < -0.3 is 5.73 Å². The summed E-state index contributed by atoms with van der Waals surface area (Å²) in [6.07, 6.45) is 1.35. The molecule has 0 saturated carbocycles. The van der Waals surface area contributed by atoms with Crippen molar-refractivity contribution in [1.29, 1.82) is 0 Å². The zero-order chi connectivity index (χ0) is 22.7. The summed E-state index contributed by atoms with van der Waals surface area (Å²) in [4.78, 5) is 54.2. The number of nitrogens with zero attached hydrogens (tertiary/aromatic N) is 3. The molecule has 1 amide bonds. The Morgan fingerprint density at radius 2 is 1.84 bits per heavy atom. The summed E-state index contributed by atoms with van der Waals surface area (Å²) in [5, 5.41) is 6.97. The molecule has 0 aliphatic carbocycles. The van der Waals surface area contributed by atoms with Gasteiger partial charge in [0.15, 0.2) is 11.4 Å². The van der Waals surface area contributed by atoms with Crippen LogP contribution in [0, 0.1) is 5.92 Å². The first-order chi connectivity index (χ1) is 14.8. The summed E-state index contributed by atoms with van der Waals surface area (Å²) in [5.41, 5.74) is 4.32. The van der Waals surface area contributed by atoms with Crippen molar-refractivity contribution in [1.82, 2.24) is 19.7 Å². The molecule has 2 aromatic heterocycles. The molecule has 10 nitrogen and oxygen atoms in total. The second-order valence-corrected chi connectivity index (χ2v) is 7.75. The molecular weight excluding hydrogens is 400 g/mol. The van der Waals surface area contributed by atoms with Gasteiger partial charge in [0.2, 0.25) is 0 Å². The van der Waals surface area contributed by atoms with E-state index in [1.54, 1.807) is 24.3 Å². The molecule has 1 aromatic carbocycles. The van der Waals surface area contributed by atoms with Crippen LogP contribution in [0.25, 0.3) is 10.8 Å². The van der Waals surface area contributed by atoms with Crippen molar-refractivity contribution in [3.05, 3.63) is 61.2 Å². The van der Waals surface area contributed by atoms with E-state index in [0.29, 0.717) is 17.2 Å². The fourth-order valence-electron chi connectivity index (χ4n) is 3.42. The van der Waals surface area contributed by atoms with Crippen molar-refractivity contribution >= 4 is 28.2 Å². The third-order valence-corrected chi connectivity index (χ3v) is 4.91. The SMILES string of the molecule is CCCCN(C(=O)c1n[nH]c(=O)c2ccccc12)c1c(N)n(CC(C)C)c(=O)[nH]c1=O. The first kappa shape index (κ1) is 22.0. The highest BCUT2D eigenvalue weighted by Crippen LogP contribution is 2.22. The maximum atomic E-state index is 13.5. The van der Waals surface area contributed by atoms with Crippen molar-refractivity contribution < 1.29 is 4.79 Å². The molecule has 0 aliphatic heterocycles. The lowest BCUT2D eigenvalue weighted by Crippen LogP contribution is -2.42. The Balaban J connectivity index is 2.22. The summed E-state index contributed by atoms with van der Waals surface area (Å²) >= 11 is 0. The Hall–Kier alpha value is -3.69. The van der Waals surface area contributed by atoms with E-state index in [-0.39, 0.29) is 36.2 Å². The van der Waals surface area contributed by atoms with Crippen LogP contribution in [0.3, 0.4) is 0 Å². The molecule has 2 heterocycles. The molecule has 0 fully saturated rings.